The van der Waals surface area contributed by atoms with E-state index in [1.165, 1.54) is 0 Å². The molecule has 0 spiro atoms. The van der Waals surface area contributed by atoms with Crippen molar-refractivity contribution < 1.29 is 13.2 Å². The summed E-state index contributed by atoms with van der Waals surface area (Å²) in [6.07, 6.45) is 3.28. The number of aromatic nitrogens is 1. The smallest absolute Gasteiger partial charge is 0.252 e. The molecule has 1 aromatic heterocycles. The molecule has 5 nitrogen and oxygen atoms in total. The lowest BCUT2D eigenvalue weighted by Gasteiger charge is -2.20. The number of amides is 1. The summed E-state index contributed by atoms with van der Waals surface area (Å²) >= 11 is 0. The minimum absolute atomic E-state index is 0.143. The van der Waals surface area contributed by atoms with Crippen LogP contribution >= 0.6 is 0 Å². The molecule has 6 heteroatoms. The third-order valence-corrected chi connectivity index (χ3v) is 7.31. The standard InChI is InChI=1S/C27H26N2O3S/c1-2-10-24(20-11-4-3-5-12-20)29-27(30)23-16-7-6-13-22(23)19-33(31,32)25-17-8-14-21-15-9-18-28-26(21)25/h3-9,11-18,24H,2,10,19H2,1H3,(H,29,30). The second-order valence-electron chi connectivity index (χ2n) is 7.97. The van der Waals surface area contributed by atoms with Crippen LogP contribution in [0.3, 0.4) is 0 Å². The third kappa shape index (κ3) is 5.12. The Balaban J connectivity index is 1.64. The number of pyridine rings is 1. The molecule has 1 amide bonds. The summed E-state index contributed by atoms with van der Waals surface area (Å²) < 4.78 is 26.7. The molecule has 0 fully saturated rings. The van der Waals surface area contributed by atoms with Crippen LogP contribution in [0.4, 0.5) is 0 Å². The van der Waals surface area contributed by atoms with Gasteiger partial charge in [-0.05, 0) is 35.7 Å². The number of nitrogens with zero attached hydrogens (tertiary/aromatic N) is 1. The molecule has 0 saturated carbocycles. The second kappa shape index (κ2) is 9.96. The molecule has 0 saturated heterocycles. The monoisotopic (exact) mass is 458 g/mol. The molecule has 1 unspecified atom stereocenters. The number of hydrogen-bond acceptors (Lipinski definition) is 4. The lowest BCUT2D eigenvalue weighted by Crippen LogP contribution is -2.29. The van der Waals surface area contributed by atoms with E-state index in [0.29, 0.717) is 16.6 Å². The Morgan fingerprint density at radius 2 is 1.64 bits per heavy atom. The molecule has 0 aliphatic rings. The highest BCUT2D eigenvalue weighted by atomic mass is 32.2. The Bertz CT molecular complexity index is 1360. The van der Waals surface area contributed by atoms with Gasteiger partial charge in [-0.1, -0.05) is 80.1 Å². The molecule has 0 bridgehead atoms. The molecule has 0 radical (unpaired) electrons. The van der Waals surface area contributed by atoms with E-state index in [4.69, 9.17) is 0 Å². The number of rotatable bonds is 8. The number of para-hydroxylation sites is 1. The van der Waals surface area contributed by atoms with Gasteiger partial charge in [-0.25, -0.2) is 8.42 Å². The van der Waals surface area contributed by atoms with Crippen LogP contribution in [0.1, 0.15) is 47.3 Å². The summed E-state index contributed by atoms with van der Waals surface area (Å²) in [5.74, 6) is -0.560. The van der Waals surface area contributed by atoms with E-state index in [9.17, 15) is 13.2 Å². The molecule has 168 valence electrons. The van der Waals surface area contributed by atoms with E-state index in [-0.39, 0.29) is 22.6 Å². The van der Waals surface area contributed by atoms with E-state index in [1.807, 2.05) is 42.5 Å². The first-order chi connectivity index (χ1) is 16.0. The highest BCUT2D eigenvalue weighted by Gasteiger charge is 2.23. The zero-order chi connectivity index (χ0) is 23.3. The van der Waals surface area contributed by atoms with Crippen LogP contribution in [0.25, 0.3) is 10.9 Å². The van der Waals surface area contributed by atoms with Crippen molar-refractivity contribution in [3.63, 3.8) is 0 Å². The molecule has 4 rings (SSSR count). The van der Waals surface area contributed by atoms with Gasteiger partial charge in [0.15, 0.2) is 9.84 Å². The number of carbonyl (C=O) groups is 1. The molecule has 1 N–H and O–H groups in total. The maximum Gasteiger partial charge on any atom is 0.252 e. The minimum atomic E-state index is -3.73. The number of fused-ring (bicyclic) bond motifs is 1. The van der Waals surface area contributed by atoms with Crippen LogP contribution in [0.2, 0.25) is 0 Å². The molecule has 33 heavy (non-hydrogen) atoms. The summed E-state index contributed by atoms with van der Waals surface area (Å²) in [4.78, 5) is 17.7. The maximum absolute atomic E-state index is 13.4. The fourth-order valence-corrected chi connectivity index (χ4v) is 5.58. The van der Waals surface area contributed by atoms with E-state index < -0.39 is 9.84 Å². The normalized spacial score (nSPS) is 12.4. The van der Waals surface area contributed by atoms with E-state index >= 15 is 0 Å². The van der Waals surface area contributed by atoms with E-state index in [0.717, 1.165) is 23.8 Å². The van der Waals surface area contributed by atoms with Gasteiger partial charge < -0.3 is 5.32 Å². The van der Waals surface area contributed by atoms with Crippen molar-refractivity contribution in [2.24, 2.45) is 0 Å². The average Bonchev–Trinajstić information content (AvgIpc) is 2.84. The first kappa shape index (κ1) is 22.7. The SMILES string of the molecule is CCCC(NC(=O)c1ccccc1CS(=O)(=O)c1cccc2cccnc12)c1ccccc1. The number of benzene rings is 3. The van der Waals surface area contributed by atoms with Crippen molar-refractivity contribution in [2.45, 2.75) is 36.5 Å². The Morgan fingerprint density at radius 3 is 2.42 bits per heavy atom. The molecule has 4 aromatic rings. The van der Waals surface area contributed by atoms with Gasteiger partial charge in [0.2, 0.25) is 0 Å². The van der Waals surface area contributed by atoms with Crippen LogP contribution in [0, 0.1) is 0 Å². The number of nitrogens with one attached hydrogen (secondary N) is 1. The van der Waals surface area contributed by atoms with Gasteiger partial charge >= 0.3 is 0 Å². The van der Waals surface area contributed by atoms with Crippen molar-refractivity contribution in [1.29, 1.82) is 0 Å². The Labute approximate surface area is 194 Å². The predicted molar refractivity (Wildman–Crippen MR) is 131 cm³/mol. The van der Waals surface area contributed by atoms with E-state index in [2.05, 4.69) is 17.2 Å². The number of carbonyl (C=O) groups excluding carboxylic acids is 1. The average molecular weight is 459 g/mol. The first-order valence-corrected chi connectivity index (χ1v) is 12.6. The Hall–Kier alpha value is -3.51. The quantitative estimate of drug-likeness (QED) is 0.379. The molecule has 3 aromatic carbocycles. The fourth-order valence-electron chi connectivity index (χ4n) is 4.01. The van der Waals surface area contributed by atoms with Crippen LogP contribution in [0.15, 0.2) is 96.0 Å². The second-order valence-corrected chi connectivity index (χ2v) is 9.93. The first-order valence-electron chi connectivity index (χ1n) is 11.0. The van der Waals surface area contributed by atoms with Crippen LogP contribution in [-0.4, -0.2) is 19.3 Å². The van der Waals surface area contributed by atoms with Gasteiger partial charge in [0.25, 0.3) is 5.91 Å². The van der Waals surface area contributed by atoms with Gasteiger partial charge in [0.05, 0.1) is 22.2 Å². The lowest BCUT2D eigenvalue weighted by molar-refractivity contribution is 0.0934. The van der Waals surface area contributed by atoms with Crippen molar-refractivity contribution >= 4 is 26.6 Å². The molecule has 0 aliphatic heterocycles. The predicted octanol–water partition coefficient (Wildman–Crippen LogP) is 5.48. The third-order valence-electron chi connectivity index (χ3n) is 5.62. The van der Waals surface area contributed by atoms with Crippen LogP contribution in [-0.2, 0) is 15.6 Å². The summed E-state index contributed by atoms with van der Waals surface area (Å²) in [7, 11) is -3.73. The van der Waals surface area contributed by atoms with Gasteiger partial charge in [-0.15, -0.1) is 0 Å². The Kier molecular flexibility index (Phi) is 6.84. The highest BCUT2D eigenvalue weighted by Crippen LogP contribution is 2.26. The largest absolute Gasteiger partial charge is 0.345 e. The summed E-state index contributed by atoms with van der Waals surface area (Å²) in [5.41, 5.74) is 2.30. The minimum Gasteiger partial charge on any atom is -0.345 e. The molecular weight excluding hydrogens is 432 g/mol. The zero-order valence-electron chi connectivity index (χ0n) is 18.4. The van der Waals surface area contributed by atoms with Gasteiger partial charge in [0.1, 0.15) is 0 Å². The Morgan fingerprint density at radius 1 is 0.909 bits per heavy atom. The zero-order valence-corrected chi connectivity index (χ0v) is 19.3. The van der Waals surface area contributed by atoms with Gasteiger partial charge in [-0.2, -0.15) is 0 Å². The fraction of sp³-hybridized carbons (Fsp3) is 0.185. The van der Waals surface area contributed by atoms with Crippen LogP contribution < -0.4 is 5.32 Å². The lowest BCUT2D eigenvalue weighted by atomic mass is 10.0. The maximum atomic E-state index is 13.4. The van der Waals surface area contributed by atoms with Gasteiger partial charge in [0, 0.05) is 17.1 Å². The van der Waals surface area contributed by atoms with Crippen molar-refractivity contribution in [1.82, 2.24) is 10.3 Å². The van der Waals surface area contributed by atoms with Crippen molar-refractivity contribution in [3.8, 4) is 0 Å². The summed E-state index contributed by atoms with van der Waals surface area (Å²) in [6.45, 7) is 2.07. The summed E-state index contributed by atoms with van der Waals surface area (Å²) in [5, 5.41) is 3.86. The number of sulfone groups is 1. The molecular formula is C27H26N2O3S. The van der Waals surface area contributed by atoms with Crippen molar-refractivity contribution in [2.75, 3.05) is 0 Å². The summed E-state index contributed by atoms with van der Waals surface area (Å²) in [6, 6.07) is 25.3. The molecule has 0 aliphatic carbocycles. The topological polar surface area (TPSA) is 76.1 Å². The highest BCUT2D eigenvalue weighted by molar-refractivity contribution is 7.90. The van der Waals surface area contributed by atoms with Gasteiger partial charge in [-0.3, -0.25) is 9.78 Å². The van der Waals surface area contributed by atoms with Crippen LogP contribution in [0.5, 0.6) is 0 Å². The van der Waals surface area contributed by atoms with Crippen molar-refractivity contribution in [3.05, 3.63) is 108 Å². The molecule has 1 heterocycles. The number of hydrogen-bond donors (Lipinski definition) is 1. The van der Waals surface area contributed by atoms with E-state index in [1.54, 1.807) is 48.7 Å². The molecule has 1 atom stereocenters.